The molecule has 0 aromatic heterocycles. The van der Waals surface area contributed by atoms with Gasteiger partial charge in [-0.05, 0) is 63.1 Å². The van der Waals surface area contributed by atoms with Gasteiger partial charge in [0, 0.05) is 16.9 Å². The number of carbonyl (C=O) groups is 3. The van der Waals surface area contributed by atoms with E-state index in [0.717, 1.165) is 16.8 Å². The van der Waals surface area contributed by atoms with E-state index in [1.54, 1.807) is 24.3 Å². The summed E-state index contributed by atoms with van der Waals surface area (Å²) in [7, 11) is 0. The number of aryl methyl sites for hydroxylation is 2. The van der Waals surface area contributed by atoms with Crippen molar-refractivity contribution in [1.82, 2.24) is 0 Å². The van der Waals surface area contributed by atoms with Gasteiger partial charge in [0.15, 0.2) is 5.78 Å². The lowest BCUT2D eigenvalue weighted by molar-refractivity contribution is -0.122. The first kappa shape index (κ1) is 17.9. The second-order valence-corrected chi connectivity index (χ2v) is 6.88. The number of Topliss-reactive ketones (excluding diaryl/α,β-unsaturated/α-hetero) is 1. The van der Waals surface area contributed by atoms with Crippen molar-refractivity contribution in [3.8, 4) is 0 Å². The monoisotopic (exact) mass is 350 g/mol. The van der Waals surface area contributed by atoms with E-state index in [9.17, 15) is 14.4 Å². The second-order valence-electron chi connectivity index (χ2n) is 6.88. The summed E-state index contributed by atoms with van der Waals surface area (Å²) in [6.45, 7) is 5.45. The summed E-state index contributed by atoms with van der Waals surface area (Å²) >= 11 is 0. The van der Waals surface area contributed by atoms with Crippen LogP contribution in [0.15, 0.2) is 42.5 Å². The molecule has 0 saturated heterocycles. The number of benzene rings is 2. The Morgan fingerprint density at radius 1 is 0.885 bits per heavy atom. The summed E-state index contributed by atoms with van der Waals surface area (Å²) in [6.07, 6.45) is 0.550. The number of carbonyl (C=O) groups excluding carboxylic acids is 3. The van der Waals surface area contributed by atoms with Crippen LogP contribution in [0.3, 0.4) is 0 Å². The average Bonchev–Trinajstić information content (AvgIpc) is 3.39. The van der Waals surface area contributed by atoms with Gasteiger partial charge >= 0.3 is 0 Å². The lowest BCUT2D eigenvalue weighted by atomic mass is 10.1. The molecule has 2 atom stereocenters. The van der Waals surface area contributed by atoms with Crippen LogP contribution < -0.4 is 10.6 Å². The molecule has 26 heavy (non-hydrogen) atoms. The Kier molecular flexibility index (Phi) is 4.89. The first-order valence-electron chi connectivity index (χ1n) is 8.65. The molecule has 5 nitrogen and oxygen atoms in total. The molecule has 3 rings (SSSR count). The summed E-state index contributed by atoms with van der Waals surface area (Å²) < 4.78 is 0. The molecular weight excluding hydrogens is 328 g/mol. The van der Waals surface area contributed by atoms with Crippen LogP contribution in [0.1, 0.15) is 34.8 Å². The molecule has 0 heterocycles. The summed E-state index contributed by atoms with van der Waals surface area (Å²) in [5, 5.41) is 5.72. The van der Waals surface area contributed by atoms with Gasteiger partial charge in [0.2, 0.25) is 11.8 Å². The van der Waals surface area contributed by atoms with Crippen LogP contribution >= 0.6 is 0 Å². The maximum Gasteiger partial charge on any atom is 0.228 e. The molecule has 0 spiro atoms. The van der Waals surface area contributed by atoms with E-state index >= 15 is 0 Å². The summed E-state index contributed by atoms with van der Waals surface area (Å²) in [4.78, 5) is 36.0. The molecule has 1 aliphatic rings. The smallest absolute Gasteiger partial charge is 0.228 e. The Hall–Kier alpha value is -2.95. The van der Waals surface area contributed by atoms with E-state index in [0.29, 0.717) is 17.7 Å². The van der Waals surface area contributed by atoms with Gasteiger partial charge in [0.1, 0.15) is 0 Å². The molecule has 0 radical (unpaired) electrons. The first-order chi connectivity index (χ1) is 12.3. The Morgan fingerprint density at radius 2 is 1.50 bits per heavy atom. The number of hydrogen-bond acceptors (Lipinski definition) is 3. The van der Waals surface area contributed by atoms with Gasteiger partial charge in [0.25, 0.3) is 0 Å². The maximum atomic E-state index is 12.4. The Morgan fingerprint density at radius 3 is 2.08 bits per heavy atom. The summed E-state index contributed by atoms with van der Waals surface area (Å²) in [5.41, 5.74) is 4.15. The zero-order valence-electron chi connectivity index (χ0n) is 15.1. The number of hydrogen-bond donors (Lipinski definition) is 2. The predicted molar refractivity (Wildman–Crippen MR) is 101 cm³/mol. The SMILES string of the molecule is CC(=O)c1ccc(NC(=O)C2CC2C(=O)Nc2ccc(C)cc2C)cc1. The van der Waals surface area contributed by atoms with Crippen molar-refractivity contribution in [1.29, 1.82) is 0 Å². The topological polar surface area (TPSA) is 75.3 Å². The predicted octanol–water partition coefficient (Wildman–Crippen LogP) is 3.72. The third-order valence-electron chi connectivity index (χ3n) is 4.66. The van der Waals surface area contributed by atoms with E-state index in [1.165, 1.54) is 6.92 Å². The first-order valence-corrected chi connectivity index (χ1v) is 8.65. The number of ketones is 1. The molecule has 2 aromatic rings. The minimum atomic E-state index is -0.312. The normalized spacial score (nSPS) is 18.1. The molecule has 0 aliphatic heterocycles. The number of anilines is 2. The summed E-state index contributed by atoms with van der Waals surface area (Å²) in [5.74, 6) is -0.918. The van der Waals surface area contributed by atoms with Crippen molar-refractivity contribution in [2.45, 2.75) is 27.2 Å². The van der Waals surface area contributed by atoms with Crippen LogP contribution in [-0.2, 0) is 9.59 Å². The van der Waals surface area contributed by atoms with Gasteiger partial charge in [-0.25, -0.2) is 0 Å². The van der Waals surface area contributed by atoms with Gasteiger partial charge in [0.05, 0.1) is 11.8 Å². The fraction of sp³-hybridized carbons (Fsp3) is 0.286. The minimum absolute atomic E-state index is 0.0202. The van der Waals surface area contributed by atoms with Crippen LogP contribution in [0.25, 0.3) is 0 Å². The third-order valence-corrected chi connectivity index (χ3v) is 4.66. The largest absolute Gasteiger partial charge is 0.326 e. The highest BCUT2D eigenvalue weighted by Crippen LogP contribution is 2.40. The van der Waals surface area contributed by atoms with E-state index in [4.69, 9.17) is 0 Å². The van der Waals surface area contributed by atoms with E-state index in [1.807, 2.05) is 32.0 Å². The van der Waals surface area contributed by atoms with Gasteiger partial charge in [-0.3, -0.25) is 14.4 Å². The van der Waals surface area contributed by atoms with Gasteiger partial charge in [-0.2, -0.15) is 0 Å². The van der Waals surface area contributed by atoms with Gasteiger partial charge in [-0.15, -0.1) is 0 Å². The quantitative estimate of drug-likeness (QED) is 0.807. The van der Waals surface area contributed by atoms with E-state index in [2.05, 4.69) is 10.6 Å². The highest BCUT2D eigenvalue weighted by atomic mass is 16.2. The van der Waals surface area contributed by atoms with Crippen molar-refractivity contribution in [3.05, 3.63) is 59.2 Å². The molecule has 2 N–H and O–H groups in total. The summed E-state index contributed by atoms with van der Waals surface area (Å²) in [6, 6.07) is 12.6. The zero-order chi connectivity index (χ0) is 18.8. The van der Waals surface area contributed by atoms with Crippen LogP contribution in [0.2, 0.25) is 0 Å². The van der Waals surface area contributed by atoms with Crippen LogP contribution in [0.4, 0.5) is 11.4 Å². The Balaban J connectivity index is 1.56. The molecule has 5 heteroatoms. The fourth-order valence-corrected chi connectivity index (χ4v) is 2.98. The lowest BCUT2D eigenvalue weighted by Crippen LogP contribution is -2.21. The molecule has 1 fully saturated rings. The molecule has 1 aliphatic carbocycles. The lowest BCUT2D eigenvalue weighted by Gasteiger charge is -2.09. The van der Waals surface area contributed by atoms with E-state index in [-0.39, 0.29) is 29.4 Å². The molecule has 0 bridgehead atoms. The fourth-order valence-electron chi connectivity index (χ4n) is 2.98. The van der Waals surface area contributed by atoms with Crippen molar-refractivity contribution >= 4 is 29.0 Å². The van der Waals surface area contributed by atoms with Crippen molar-refractivity contribution in [2.24, 2.45) is 11.8 Å². The second kappa shape index (κ2) is 7.12. The highest BCUT2D eigenvalue weighted by Gasteiger charge is 2.48. The van der Waals surface area contributed by atoms with Gasteiger partial charge < -0.3 is 10.6 Å². The maximum absolute atomic E-state index is 12.4. The van der Waals surface area contributed by atoms with Crippen molar-refractivity contribution in [2.75, 3.05) is 10.6 Å². The van der Waals surface area contributed by atoms with Crippen LogP contribution in [-0.4, -0.2) is 17.6 Å². The average molecular weight is 350 g/mol. The number of amides is 2. The minimum Gasteiger partial charge on any atom is -0.326 e. The highest BCUT2D eigenvalue weighted by molar-refractivity contribution is 6.03. The van der Waals surface area contributed by atoms with Crippen molar-refractivity contribution in [3.63, 3.8) is 0 Å². The van der Waals surface area contributed by atoms with Crippen molar-refractivity contribution < 1.29 is 14.4 Å². The number of nitrogens with one attached hydrogen (secondary N) is 2. The van der Waals surface area contributed by atoms with Crippen LogP contribution in [0.5, 0.6) is 0 Å². The standard InChI is InChI=1S/C21H22N2O3/c1-12-4-9-19(13(2)10-12)23-21(26)18-11-17(18)20(25)22-16-7-5-15(6-8-16)14(3)24/h4-10,17-18H,11H2,1-3H3,(H,22,25)(H,23,26). The van der Waals surface area contributed by atoms with Gasteiger partial charge in [-0.1, -0.05) is 17.7 Å². The molecule has 134 valence electrons. The molecule has 1 saturated carbocycles. The van der Waals surface area contributed by atoms with Crippen LogP contribution in [0, 0.1) is 25.7 Å². The molecule has 2 aromatic carbocycles. The molecule has 2 unspecified atom stereocenters. The zero-order valence-corrected chi connectivity index (χ0v) is 15.1. The number of rotatable bonds is 5. The van der Waals surface area contributed by atoms with E-state index < -0.39 is 0 Å². The molecular formula is C21H22N2O3. The molecule has 2 amide bonds. The Bertz CT molecular complexity index is 871. The third kappa shape index (κ3) is 3.99. The Labute approximate surface area is 152 Å².